The highest BCUT2D eigenvalue weighted by atomic mass is 19.1. The van der Waals surface area contributed by atoms with Crippen LogP contribution in [0.1, 0.15) is 74.2 Å². The normalized spacial score (nSPS) is 21.0. The molecule has 7 heteroatoms. The number of hydrogen-bond donors (Lipinski definition) is 1. The van der Waals surface area contributed by atoms with E-state index in [4.69, 9.17) is 4.74 Å². The predicted octanol–water partition coefficient (Wildman–Crippen LogP) is 7.60. The third kappa shape index (κ3) is 6.88. The average molecular weight is 592 g/mol. The highest BCUT2D eigenvalue weighted by Crippen LogP contribution is 2.44. The zero-order valence-corrected chi connectivity index (χ0v) is 25.5. The Kier molecular flexibility index (Phi) is 8.74. The summed E-state index contributed by atoms with van der Waals surface area (Å²) in [5.74, 6) is -0.423. The van der Waals surface area contributed by atoms with Gasteiger partial charge in [-0.1, -0.05) is 36.4 Å². The number of halogens is 3. The molecular weight excluding hydrogens is 547 g/mol. The minimum absolute atomic E-state index is 0.00200. The van der Waals surface area contributed by atoms with Crippen molar-refractivity contribution in [3.8, 4) is 5.75 Å². The van der Waals surface area contributed by atoms with Crippen LogP contribution in [0.4, 0.5) is 18.9 Å². The molecule has 0 saturated carbocycles. The van der Waals surface area contributed by atoms with E-state index in [1.807, 2.05) is 53.4 Å². The Balaban J connectivity index is 1.28. The smallest absolute Gasteiger partial charge is 0.133 e. The van der Waals surface area contributed by atoms with Gasteiger partial charge in [0.1, 0.15) is 29.7 Å². The van der Waals surface area contributed by atoms with Gasteiger partial charge in [-0.3, -0.25) is 4.90 Å². The second-order valence-electron chi connectivity index (χ2n) is 13.4. The predicted molar refractivity (Wildman–Crippen MR) is 166 cm³/mol. The standard InChI is InChI=1S/C36H44F3N3O/c1-35(2,39)24-42-18-12-27-20-29(43-23-26-8-4-3-5-9-26)10-11-30(27)34(42)33-31(37)21-28(22-32(33)38)41-19-15-36(25-41)13-6-16-40-17-7-14-36/h3-5,8-11,20-22,34,40H,6-7,12-19,23-25H2,1-2H3. The van der Waals surface area contributed by atoms with E-state index in [2.05, 4.69) is 10.2 Å². The first-order chi connectivity index (χ1) is 20.7. The summed E-state index contributed by atoms with van der Waals surface area (Å²) in [6.07, 6.45) is 6.26. The summed E-state index contributed by atoms with van der Waals surface area (Å²) in [7, 11) is 0. The third-order valence-electron chi connectivity index (χ3n) is 9.53. The molecule has 1 spiro atoms. The van der Waals surface area contributed by atoms with Crippen molar-refractivity contribution in [2.45, 2.75) is 70.7 Å². The lowest BCUT2D eigenvalue weighted by Crippen LogP contribution is -2.43. The Labute approximate surface area is 254 Å². The number of nitrogens with one attached hydrogen (secondary N) is 1. The Bertz CT molecular complexity index is 1380. The zero-order chi connectivity index (χ0) is 30.0. The number of hydrogen-bond acceptors (Lipinski definition) is 4. The van der Waals surface area contributed by atoms with Crippen LogP contribution >= 0.6 is 0 Å². The summed E-state index contributed by atoms with van der Waals surface area (Å²) in [6, 6.07) is 18.0. The van der Waals surface area contributed by atoms with Crippen LogP contribution in [-0.4, -0.2) is 49.8 Å². The van der Waals surface area contributed by atoms with Crippen molar-refractivity contribution in [2.75, 3.05) is 44.2 Å². The summed E-state index contributed by atoms with van der Waals surface area (Å²) in [4.78, 5) is 4.06. The molecule has 0 bridgehead atoms. The third-order valence-corrected chi connectivity index (χ3v) is 9.53. The van der Waals surface area contributed by atoms with Crippen LogP contribution in [0.2, 0.25) is 0 Å². The molecule has 3 aromatic rings. The number of ether oxygens (including phenoxy) is 1. The highest BCUT2D eigenvalue weighted by molar-refractivity contribution is 5.53. The Hall–Kier alpha value is -3.03. The number of benzene rings is 3. The van der Waals surface area contributed by atoms with Gasteiger partial charge in [0, 0.05) is 37.4 Å². The minimum Gasteiger partial charge on any atom is -0.489 e. The number of nitrogens with zero attached hydrogens (tertiary/aromatic N) is 2. The molecule has 2 fully saturated rings. The lowest BCUT2D eigenvalue weighted by molar-refractivity contribution is 0.0972. The van der Waals surface area contributed by atoms with Crippen molar-refractivity contribution in [1.82, 2.24) is 10.2 Å². The first-order valence-electron chi connectivity index (χ1n) is 15.9. The van der Waals surface area contributed by atoms with E-state index in [0.29, 0.717) is 31.0 Å². The van der Waals surface area contributed by atoms with E-state index in [0.717, 1.165) is 75.0 Å². The molecular formula is C36H44F3N3O. The molecule has 43 heavy (non-hydrogen) atoms. The van der Waals surface area contributed by atoms with Gasteiger partial charge >= 0.3 is 0 Å². The van der Waals surface area contributed by atoms with E-state index in [1.54, 1.807) is 0 Å². The maximum Gasteiger partial charge on any atom is 0.133 e. The summed E-state index contributed by atoms with van der Waals surface area (Å²) < 4.78 is 53.4. The molecule has 6 rings (SSSR count). The van der Waals surface area contributed by atoms with Crippen LogP contribution in [0, 0.1) is 17.0 Å². The second-order valence-corrected chi connectivity index (χ2v) is 13.4. The molecule has 0 aliphatic carbocycles. The van der Waals surface area contributed by atoms with Gasteiger partial charge in [0.05, 0.1) is 6.04 Å². The van der Waals surface area contributed by atoms with E-state index in [1.165, 1.54) is 26.0 Å². The van der Waals surface area contributed by atoms with Gasteiger partial charge in [-0.2, -0.15) is 0 Å². The zero-order valence-electron chi connectivity index (χ0n) is 25.5. The second kappa shape index (κ2) is 12.5. The van der Waals surface area contributed by atoms with Gasteiger partial charge in [0.2, 0.25) is 0 Å². The maximum atomic E-state index is 16.2. The van der Waals surface area contributed by atoms with Gasteiger partial charge in [0.25, 0.3) is 0 Å². The molecule has 4 nitrogen and oxygen atoms in total. The number of fused-ring (bicyclic) bond motifs is 1. The molecule has 2 saturated heterocycles. The summed E-state index contributed by atoms with van der Waals surface area (Å²) in [5, 5.41) is 3.48. The van der Waals surface area contributed by atoms with Crippen molar-refractivity contribution in [1.29, 1.82) is 0 Å². The molecule has 0 aromatic heterocycles. The fourth-order valence-electron chi connectivity index (χ4n) is 7.48. The Morgan fingerprint density at radius 2 is 1.65 bits per heavy atom. The Morgan fingerprint density at radius 3 is 2.35 bits per heavy atom. The van der Waals surface area contributed by atoms with Crippen molar-refractivity contribution < 1.29 is 17.9 Å². The summed E-state index contributed by atoms with van der Waals surface area (Å²) >= 11 is 0. The van der Waals surface area contributed by atoms with Gasteiger partial charge in [-0.15, -0.1) is 0 Å². The Morgan fingerprint density at radius 1 is 0.930 bits per heavy atom. The lowest BCUT2D eigenvalue weighted by Gasteiger charge is -2.40. The van der Waals surface area contributed by atoms with Crippen molar-refractivity contribution in [2.24, 2.45) is 5.41 Å². The SMILES string of the molecule is CC(C)(F)CN1CCc2cc(OCc3ccccc3)ccc2C1c1c(F)cc(N2CCC3(CCCNCCC3)C2)cc1F. The van der Waals surface area contributed by atoms with Crippen LogP contribution < -0.4 is 15.0 Å². The number of anilines is 1. The molecule has 230 valence electrons. The van der Waals surface area contributed by atoms with Crippen LogP contribution in [0.25, 0.3) is 0 Å². The van der Waals surface area contributed by atoms with Crippen molar-refractivity contribution >= 4 is 5.69 Å². The average Bonchev–Trinajstić information content (AvgIpc) is 3.39. The molecule has 0 radical (unpaired) electrons. The molecule has 3 aromatic carbocycles. The van der Waals surface area contributed by atoms with Gasteiger partial charge in [0.15, 0.2) is 0 Å². The molecule has 1 N–H and O–H groups in total. The monoisotopic (exact) mass is 591 g/mol. The van der Waals surface area contributed by atoms with Gasteiger partial charge in [-0.25, -0.2) is 13.2 Å². The first kappa shape index (κ1) is 30.0. The highest BCUT2D eigenvalue weighted by Gasteiger charge is 2.40. The maximum absolute atomic E-state index is 16.2. The molecule has 1 unspecified atom stereocenters. The minimum atomic E-state index is -1.52. The van der Waals surface area contributed by atoms with Gasteiger partial charge < -0.3 is 15.0 Å². The van der Waals surface area contributed by atoms with Crippen molar-refractivity contribution in [3.63, 3.8) is 0 Å². The first-order valence-corrected chi connectivity index (χ1v) is 15.9. The number of alkyl halides is 1. The molecule has 3 heterocycles. The molecule has 0 amide bonds. The van der Waals surface area contributed by atoms with Crippen molar-refractivity contribution in [3.05, 3.63) is 94.6 Å². The van der Waals surface area contributed by atoms with Crippen LogP contribution in [0.3, 0.4) is 0 Å². The largest absolute Gasteiger partial charge is 0.489 e. The number of rotatable bonds is 7. The van der Waals surface area contributed by atoms with E-state index in [-0.39, 0.29) is 17.5 Å². The molecule has 1 atom stereocenters. The quantitative estimate of drug-likeness (QED) is 0.306. The molecule has 3 aliphatic rings. The van der Waals surface area contributed by atoms with E-state index >= 15 is 13.2 Å². The van der Waals surface area contributed by atoms with E-state index < -0.39 is 23.3 Å². The fourth-order valence-corrected chi connectivity index (χ4v) is 7.48. The van der Waals surface area contributed by atoms with E-state index in [9.17, 15) is 0 Å². The van der Waals surface area contributed by atoms with Crippen LogP contribution in [-0.2, 0) is 13.0 Å². The summed E-state index contributed by atoms with van der Waals surface area (Å²) in [6.45, 7) is 7.77. The lowest BCUT2D eigenvalue weighted by atomic mass is 9.77. The fraction of sp³-hybridized carbons (Fsp3) is 0.500. The van der Waals surface area contributed by atoms with Crippen LogP contribution in [0.15, 0.2) is 60.7 Å². The topological polar surface area (TPSA) is 27.7 Å². The molecule has 3 aliphatic heterocycles. The van der Waals surface area contributed by atoms with Crippen LogP contribution in [0.5, 0.6) is 5.75 Å². The summed E-state index contributed by atoms with van der Waals surface area (Å²) in [5.41, 5.74) is 2.15. The van der Waals surface area contributed by atoms with Gasteiger partial charge in [-0.05, 0) is 112 Å².